The Balaban J connectivity index is 1.62. The van der Waals surface area contributed by atoms with E-state index in [2.05, 4.69) is 10.2 Å². The summed E-state index contributed by atoms with van der Waals surface area (Å²) in [7, 11) is 0. The van der Waals surface area contributed by atoms with Gasteiger partial charge in [0.15, 0.2) is 5.96 Å². The van der Waals surface area contributed by atoms with Crippen LogP contribution in [0.1, 0.15) is 43.1 Å². The standard InChI is InChI=1S/C21H32N4O3/c1-4-22-21(24-10-9-19(26)14-24)23-11-17-5-7-18(8-6-17)20(27)25-12-15(2)28-16(3)13-25/h5-8,15-16,19,26H,4,9-14H2,1-3H3,(H,22,23)/t15?,16?,19-/m1/s1. The molecular weight excluding hydrogens is 356 g/mol. The Morgan fingerprint density at radius 2 is 1.86 bits per heavy atom. The molecule has 0 radical (unpaired) electrons. The Labute approximate surface area is 167 Å². The van der Waals surface area contributed by atoms with Crippen LogP contribution in [0, 0.1) is 0 Å². The lowest BCUT2D eigenvalue weighted by atomic mass is 10.1. The number of carbonyl (C=O) groups excluding carboxylic acids is 1. The van der Waals surface area contributed by atoms with Crippen molar-refractivity contribution in [1.29, 1.82) is 0 Å². The minimum atomic E-state index is -0.278. The number of aliphatic hydroxyl groups excluding tert-OH is 1. The van der Waals surface area contributed by atoms with E-state index < -0.39 is 0 Å². The first-order valence-electron chi connectivity index (χ1n) is 10.2. The van der Waals surface area contributed by atoms with Crippen LogP contribution in [0.5, 0.6) is 0 Å². The summed E-state index contributed by atoms with van der Waals surface area (Å²) in [6.07, 6.45) is 0.629. The molecule has 1 aromatic carbocycles. The molecule has 0 saturated carbocycles. The van der Waals surface area contributed by atoms with Gasteiger partial charge in [0.25, 0.3) is 5.91 Å². The highest BCUT2D eigenvalue weighted by Crippen LogP contribution is 2.16. The van der Waals surface area contributed by atoms with Gasteiger partial charge < -0.3 is 25.0 Å². The van der Waals surface area contributed by atoms with Crippen LogP contribution in [0.25, 0.3) is 0 Å². The molecule has 3 rings (SSSR count). The van der Waals surface area contributed by atoms with Crippen molar-refractivity contribution >= 4 is 11.9 Å². The van der Waals surface area contributed by atoms with Crippen LogP contribution >= 0.6 is 0 Å². The van der Waals surface area contributed by atoms with E-state index in [9.17, 15) is 9.90 Å². The number of guanidine groups is 1. The number of amides is 1. The molecule has 2 unspecified atom stereocenters. The quantitative estimate of drug-likeness (QED) is 0.603. The van der Waals surface area contributed by atoms with Crippen LogP contribution in [0.3, 0.4) is 0 Å². The molecule has 1 amide bonds. The Bertz CT molecular complexity index is 681. The molecule has 1 aromatic rings. The van der Waals surface area contributed by atoms with Crippen LogP contribution in [-0.2, 0) is 11.3 Å². The highest BCUT2D eigenvalue weighted by molar-refractivity contribution is 5.94. The number of rotatable bonds is 4. The molecule has 7 nitrogen and oxygen atoms in total. The van der Waals surface area contributed by atoms with E-state index in [0.29, 0.717) is 31.7 Å². The zero-order valence-corrected chi connectivity index (χ0v) is 17.1. The molecule has 28 heavy (non-hydrogen) atoms. The maximum atomic E-state index is 12.8. The fraction of sp³-hybridized carbons (Fsp3) is 0.619. The largest absolute Gasteiger partial charge is 0.391 e. The fourth-order valence-electron chi connectivity index (χ4n) is 3.81. The van der Waals surface area contributed by atoms with Gasteiger partial charge in [-0.05, 0) is 44.9 Å². The number of hydrogen-bond acceptors (Lipinski definition) is 4. The SMILES string of the molecule is CCNC(=NCc1ccc(C(=O)N2CC(C)OC(C)C2)cc1)N1CC[C@@H](O)C1. The number of nitrogens with one attached hydrogen (secondary N) is 1. The van der Waals surface area contributed by atoms with Crippen LogP contribution in [0.2, 0.25) is 0 Å². The molecule has 2 aliphatic heterocycles. The number of morpholine rings is 1. The summed E-state index contributed by atoms with van der Waals surface area (Å²) in [4.78, 5) is 21.4. The van der Waals surface area contributed by atoms with Gasteiger partial charge >= 0.3 is 0 Å². The third-order valence-electron chi connectivity index (χ3n) is 5.12. The number of hydrogen-bond donors (Lipinski definition) is 2. The second kappa shape index (κ2) is 9.39. The molecule has 7 heteroatoms. The first-order valence-corrected chi connectivity index (χ1v) is 10.2. The van der Waals surface area contributed by atoms with E-state index in [1.54, 1.807) is 0 Å². The average molecular weight is 389 g/mol. The van der Waals surface area contributed by atoms with Crippen molar-refractivity contribution in [2.75, 3.05) is 32.7 Å². The van der Waals surface area contributed by atoms with Crippen molar-refractivity contribution in [3.63, 3.8) is 0 Å². The Morgan fingerprint density at radius 3 is 2.43 bits per heavy atom. The summed E-state index contributed by atoms with van der Waals surface area (Å²) >= 11 is 0. The van der Waals surface area contributed by atoms with Gasteiger partial charge in [0.2, 0.25) is 0 Å². The summed E-state index contributed by atoms with van der Waals surface area (Å²) < 4.78 is 5.71. The van der Waals surface area contributed by atoms with Crippen molar-refractivity contribution in [2.45, 2.75) is 52.0 Å². The van der Waals surface area contributed by atoms with Crippen molar-refractivity contribution < 1.29 is 14.6 Å². The smallest absolute Gasteiger partial charge is 0.254 e. The monoisotopic (exact) mass is 388 g/mol. The van der Waals surface area contributed by atoms with Gasteiger partial charge in [0, 0.05) is 38.3 Å². The summed E-state index contributed by atoms with van der Waals surface area (Å²) in [6.45, 7) is 10.1. The van der Waals surface area contributed by atoms with Gasteiger partial charge in [-0.2, -0.15) is 0 Å². The maximum absolute atomic E-state index is 12.8. The first-order chi connectivity index (χ1) is 13.5. The van der Waals surface area contributed by atoms with Gasteiger partial charge in [-0.1, -0.05) is 12.1 Å². The molecule has 154 valence electrons. The van der Waals surface area contributed by atoms with Gasteiger partial charge in [-0.25, -0.2) is 4.99 Å². The van der Waals surface area contributed by atoms with Gasteiger partial charge in [-0.15, -0.1) is 0 Å². The molecule has 0 bridgehead atoms. The van der Waals surface area contributed by atoms with Gasteiger partial charge in [0.05, 0.1) is 24.9 Å². The average Bonchev–Trinajstić information content (AvgIpc) is 3.10. The fourth-order valence-corrected chi connectivity index (χ4v) is 3.81. The van der Waals surface area contributed by atoms with Crippen molar-refractivity contribution in [3.8, 4) is 0 Å². The number of carbonyl (C=O) groups is 1. The van der Waals surface area contributed by atoms with Crippen LogP contribution in [0.4, 0.5) is 0 Å². The van der Waals surface area contributed by atoms with Crippen LogP contribution in [0.15, 0.2) is 29.3 Å². The predicted molar refractivity (Wildman–Crippen MR) is 109 cm³/mol. The van der Waals surface area contributed by atoms with E-state index >= 15 is 0 Å². The molecule has 0 aliphatic carbocycles. The topological polar surface area (TPSA) is 77.4 Å². The number of benzene rings is 1. The zero-order valence-electron chi connectivity index (χ0n) is 17.1. The molecule has 2 heterocycles. The van der Waals surface area contributed by atoms with Gasteiger partial charge in [0.1, 0.15) is 0 Å². The van der Waals surface area contributed by atoms with E-state index in [1.807, 2.05) is 49.9 Å². The van der Waals surface area contributed by atoms with Crippen LogP contribution < -0.4 is 5.32 Å². The lowest BCUT2D eigenvalue weighted by Crippen LogP contribution is -2.48. The van der Waals surface area contributed by atoms with Crippen LogP contribution in [-0.4, -0.2) is 77.8 Å². The molecule has 2 fully saturated rings. The van der Waals surface area contributed by atoms with Crippen molar-refractivity contribution in [3.05, 3.63) is 35.4 Å². The molecule has 0 aromatic heterocycles. The second-order valence-electron chi connectivity index (χ2n) is 7.72. The molecule has 2 N–H and O–H groups in total. The summed E-state index contributed by atoms with van der Waals surface area (Å²) in [5, 5.41) is 13.0. The molecule has 2 aliphatic rings. The molecular formula is C21H32N4O3. The minimum Gasteiger partial charge on any atom is -0.391 e. The van der Waals surface area contributed by atoms with E-state index in [-0.39, 0.29) is 24.2 Å². The third-order valence-corrected chi connectivity index (χ3v) is 5.12. The Kier molecular flexibility index (Phi) is 6.91. The lowest BCUT2D eigenvalue weighted by Gasteiger charge is -2.35. The number of β-amino-alcohol motifs (C(OH)–C–C–N with tert-alkyl or cyclic N) is 1. The highest BCUT2D eigenvalue weighted by atomic mass is 16.5. The first kappa shape index (κ1) is 20.6. The van der Waals surface area contributed by atoms with Gasteiger partial charge in [-0.3, -0.25) is 4.79 Å². The van der Waals surface area contributed by atoms with E-state index in [4.69, 9.17) is 9.73 Å². The van der Waals surface area contributed by atoms with Crippen molar-refractivity contribution in [1.82, 2.24) is 15.1 Å². The Morgan fingerprint density at radius 1 is 1.18 bits per heavy atom. The van der Waals surface area contributed by atoms with E-state index in [0.717, 1.165) is 31.0 Å². The second-order valence-corrected chi connectivity index (χ2v) is 7.72. The number of likely N-dealkylation sites (tertiary alicyclic amines) is 1. The summed E-state index contributed by atoms with van der Waals surface area (Å²) in [5.74, 6) is 0.881. The zero-order chi connectivity index (χ0) is 20.1. The maximum Gasteiger partial charge on any atom is 0.254 e. The Hall–Kier alpha value is -2.12. The normalized spacial score (nSPS) is 25.9. The number of nitrogens with zero attached hydrogens (tertiary/aromatic N) is 3. The molecule has 3 atom stereocenters. The van der Waals surface area contributed by atoms with E-state index in [1.165, 1.54) is 0 Å². The lowest BCUT2D eigenvalue weighted by molar-refractivity contribution is -0.0586. The van der Waals surface area contributed by atoms with Crippen molar-refractivity contribution in [2.24, 2.45) is 4.99 Å². The molecule has 0 spiro atoms. The number of aliphatic imine (C=N–C) groups is 1. The number of aliphatic hydroxyl groups is 1. The highest BCUT2D eigenvalue weighted by Gasteiger charge is 2.26. The minimum absolute atomic E-state index is 0.0523. The predicted octanol–water partition coefficient (Wildman–Crippen LogP) is 1.47. The number of ether oxygens (including phenoxy) is 1. The third kappa shape index (κ3) is 5.23. The molecule has 2 saturated heterocycles. The summed E-state index contributed by atoms with van der Waals surface area (Å²) in [6, 6.07) is 7.69. The summed E-state index contributed by atoms with van der Waals surface area (Å²) in [5.41, 5.74) is 1.75.